The van der Waals surface area contributed by atoms with Crippen molar-refractivity contribution in [1.82, 2.24) is 5.32 Å². The molecule has 136 valence electrons. The van der Waals surface area contributed by atoms with E-state index in [2.05, 4.69) is 29.4 Å². The molecule has 0 unspecified atom stereocenters. The SMILES string of the molecule is COCCOc1cc(C)ccc1CN=C(N)NC1CCCCC1.I. The van der Waals surface area contributed by atoms with Crippen LogP contribution in [0.4, 0.5) is 0 Å². The third-order valence-electron chi connectivity index (χ3n) is 4.14. The van der Waals surface area contributed by atoms with Crippen LogP contribution in [0.2, 0.25) is 0 Å². The summed E-state index contributed by atoms with van der Waals surface area (Å²) in [6.07, 6.45) is 6.26. The summed E-state index contributed by atoms with van der Waals surface area (Å²) < 4.78 is 10.8. The summed E-state index contributed by atoms with van der Waals surface area (Å²) in [5, 5.41) is 3.34. The predicted molar refractivity (Wildman–Crippen MR) is 109 cm³/mol. The van der Waals surface area contributed by atoms with Gasteiger partial charge in [-0.25, -0.2) is 4.99 Å². The van der Waals surface area contributed by atoms with E-state index >= 15 is 0 Å². The van der Waals surface area contributed by atoms with Crippen molar-refractivity contribution in [3.05, 3.63) is 29.3 Å². The molecule has 1 aliphatic carbocycles. The number of benzene rings is 1. The maximum absolute atomic E-state index is 6.03. The lowest BCUT2D eigenvalue weighted by Crippen LogP contribution is -2.41. The number of rotatable bonds is 7. The standard InChI is InChI=1S/C18H29N3O2.HI/c1-14-8-9-15(17(12-14)23-11-10-22-2)13-20-18(19)21-16-6-4-3-5-7-16;/h8-9,12,16H,3-7,10-11,13H2,1-2H3,(H3,19,20,21);1H. The van der Waals surface area contributed by atoms with E-state index in [4.69, 9.17) is 15.2 Å². The molecule has 2 rings (SSSR count). The summed E-state index contributed by atoms with van der Waals surface area (Å²) in [4.78, 5) is 4.48. The first kappa shape index (κ1) is 21.0. The van der Waals surface area contributed by atoms with Crippen molar-refractivity contribution in [1.29, 1.82) is 0 Å². The summed E-state index contributed by atoms with van der Waals surface area (Å²) in [5.41, 5.74) is 8.24. The minimum Gasteiger partial charge on any atom is -0.491 e. The van der Waals surface area contributed by atoms with E-state index in [0.717, 1.165) is 11.3 Å². The molecule has 1 saturated carbocycles. The Morgan fingerprint density at radius 1 is 1.25 bits per heavy atom. The number of aryl methyl sites for hydroxylation is 1. The zero-order chi connectivity index (χ0) is 16.5. The van der Waals surface area contributed by atoms with Crippen molar-refractivity contribution in [2.75, 3.05) is 20.3 Å². The summed E-state index contributed by atoms with van der Waals surface area (Å²) in [7, 11) is 1.67. The molecule has 0 aromatic heterocycles. The van der Waals surface area contributed by atoms with Crippen LogP contribution >= 0.6 is 24.0 Å². The number of nitrogens with zero attached hydrogens (tertiary/aromatic N) is 1. The molecule has 0 amide bonds. The van der Waals surface area contributed by atoms with Crippen molar-refractivity contribution in [3.63, 3.8) is 0 Å². The average molecular weight is 447 g/mol. The van der Waals surface area contributed by atoms with Gasteiger partial charge >= 0.3 is 0 Å². The van der Waals surface area contributed by atoms with Crippen molar-refractivity contribution in [2.45, 2.75) is 51.6 Å². The molecule has 5 nitrogen and oxygen atoms in total. The van der Waals surface area contributed by atoms with E-state index in [1.165, 1.54) is 37.7 Å². The molecular formula is C18H30IN3O2. The lowest BCUT2D eigenvalue weighted by atomic mass is 9.96. The van der Waals surface area contributed by atoms with Gasteiger partial charge in [0.15, 0.2) is 5.96 Å². The molecule has 0 atom stereocenters. The van der Waals surface area contributed by atoms with E-state index in [1.54, 1.807) is 7.11 Å². The molecule has 1 fully saturated rings. The van der Waals surface area contributed by atoms with Gasteiger partial charge in [-0.2, -0.15) is 0 Å². The van der Waals surface area contributed by atoms with Gasteiger partial charge in [0.1, 0.15) is 12.4 Å². The second-order valence-corrected chi connectivity index (χ2v) is 6.13. The monoisotopic (exact) mass is 447 g/mol. The third kappa shape index (κ3) is 7.25. The zero-order valence-corrected chi connectivity index (χ0v) is 17.0. The van der Waals surface area contributed by atoms with Gasteiger partial charge in [0.2, 0.25) is 0 Å². The minimum atomic E-state index is 0. The Balaban J connectivity index is 0.00000288. The van der Waals surface area contributed by atoms with Crippen LogP contribution in [0.15, 0.2) is 23.2 Å². The van der Waals surface area contributed by atoms with E-state index in [1.807, 2.05) is 6.07 Å². The molecule has 1 aromatic rings. The maximum atomic E-state index is 6.03. The van der Waals surface area contributed by atoms with Gasteiger partial charge in [-0.05, 0) is 31.4 Å². The summed E-state index contributed by atoms with van der Waals surface area (Å²) in [6.45, 7) is 3.68. The topological polar surface area (TPSA) is 68.9 Å². The quantitative estimate of drug-likeness (QED) is 0.291. The molecule has 0 aliphatic heterocycles. The number of methoxy groups -OCH3 is 1. The summed E-state index contributed by atoms with van der Waals surface area (Å²) >= 11 is 0. The van der Waals surface area contributed by atoms with Crippen LogP contribution in [0.3, 0.4) is 0 Å². The summed E-state index contributed by atoms with van der Waals surface area (Å²) in [5.74, 6) is 1.39. The summed E-state index contributed by atoms with van der Waals surface area (Å²) in [6, 6.07) is 6.63. The van der Waals surface area contributed by atoms with Crippen LogP contribution in [-0.4, -0.2) is 32.3 Å². The second kappa shape index (κ2) is 11.5. The van der Waals surface area contributed by atoms with Crippen LogP contribution < -0.4 is 15.8 Å². The van der Waals surface area contributed by atoms with Gasteiger partial charge in [0, 0.05) is 18.7 Å². The molecular weight excluding hydrogens is 417 g/mol. The zero-order valence-electron chi connectivity index (χ0n) is 14.7. The van der Waals surface area contributed by atoms with Crippen LogP contribution in [0.1, 0.15) is 43.2 Å². The third-order valence-corrected chi connectivity index (χ3v) is 4.14. The largest absolute Gasteiger partial charge is 0.491 e. The first-order valence-electron chi connectivity index (χ1n) is 8.46. The Morgan fingerprint density at radius 3 is 2.71 bits per heavy atom. The van der Waals surface area contributed by atoms with Gasteiger partial charge in [0.25, 0.3) is 0 Å². The number of halogens is 1. The highest BCUT2D eigenvalue weighted by atomic mass is 127. The van der Waals surface area contributed by atoms with Gasteiger partial charge < -0.3 is 20.5 Å². The second-order valence-electron chi connectivity index (χ2n) is 6.13. The van der Waals surface area contributed by atoms with E-state index < -0.39 is 0 Å². The number of hydrogen-bond acceptors (Lipinski definition) is 3. The molecule has 1 aliphatic rings. The van der Waals surface area contributed by atoms with Gasteiger partial charge in [0.05, 0.1) is 13.2 Å². The first-order chi connectivity index (χ1) is 11.2. The van der Waals surface area contributed by atoms with E-state index in [-0.39, 0.29) is 24.0 Å². The van der Waals surface area contributed by atoms with Crippen molar-refractivity contribution in [3.8, 4) is 5.75 Å². The highest BCUT2D eigenvalue weighted by Crippen LogP contribution is 2.21. The molecule has 0 bridgehead atoms. The molecule has 0 spiro atoms. The lowest BCUT2D eigenvalue weighted by molar-refractivity contribution is 0.146. The van der Waals surface area contributed by atoms with Crippen LogP contribution in [0, 0.1) is 6.92 Å². The maximum Gasteiger partial charge on any atom is 0.189 e. The Hall–Kier alpha value is -1.02. The molecule has 3 N–H and O–H groups in total. The lowest BCUT2D eigenvalue weighted by Gasteiger charge is -2.23. The normalized spacial score (nSPS) is 15.7. The van der Waals surface area contributed by atoms with Crippen molar-refractivity contribution >= 4 is 29.9 Å². The fourth-order valence-corrected chi connectivity index (χ4v) is 2.83. The van der Waals surface area contributed by atoms with Gasteiger partial charge in [-0.15, -0.1) is 24.0 Å². The first-order valence-corrected chi connectivity index (χ1v) is 8.46. The van der Waals surface area contributed by atoms with Gasteiger partial charge in [-0.3, -0.25) is 0 Å². The van der Waals surface area contributed by atoms with Gasteiger partial charge in [-0.1, -0.05) is 31.4 Å². The van der Waals surface area contributed by atoms with Crippen LogP contribution in [0.25, 0.3) is 0 Å². The molecule has 6 heteroatoms. The number of aliphatic imine (C=N–C) groups is 1. The van der Waals surface area contributed by atoms with Crippen molar-refractivity contribution < 1.29 is 9.47 Å². The highest BCUT2D eigenvalue weighted by molar-refractivity contribution is 14.0. The number of hydrogen-bond donors (Lipinski definition) is 2. The van der Waals surface area contributed by atoms with E-state index in [9.17, 15) is 0 Å². The fourth-order valence-electron chi connectivity index (χ4n) is 2.83. The van der Waals surface area contributed by atoms with E-state index in [0.29, 0.717) is 31.8 Å². The Labute approximate surface area is 162 Å². The number of ether oxygens (including phenoxy) is 2. The Kier molecular flexibility index (Phi) is 10.1. The minimum absolute atomic E-state index is 0. The predicted octanol–water partition coefficient (Wildman–Crippen LogP) is 3.38. The fraction of sp³-hybridized carbons (Fsp3) is 0.611. The van der Waals surface area contributed by atoms with Crippen LogP contribution in [-0.2, 0) is 11.3 Å². The van der Waals surface area contributed by atoms with Crippen LogP contribution in [0.5, 0.6) is 5.75 Å². The van der Waals surface area contributed by atoms with Crippen molar-refractivity contribution in [2.24, 2.45) is 10.7 Å². The average Bonchev–Trinajstić information content (AvgIpc) is 2.55. The number of guanidine groups is 1. The highest BCUT2D eigenvalue weighted by Gasteiger charge is 2.13. The molecule has 0 heterocycles. The molecule has 0 saturated heterocycles. The Bertz CT molecular complexity index is 517. The Morgan fingerprint density at radius 2 is 2.00 bits per heavy atom. The number of nitrogens with one attached hydrogen (secondary N) is 1. The molecule has 0 radical (unpaired) electrons. The molecule has 1 aromatic carbocycles. The number of nitrogens with two attached hydrogens (primary N) is 1. The molecule has 24 heavy (non-hydrogen) atoms. The smallest absolute Gasteiger partial charge is 0.189 e.